The average Bonchev–Trinajstić information content (AvgIpc) is 2.54. The third-order valence-electron chi connectivity index (χ3n) is 3.48. The number of Topliss-reactive ketones (excluding diaryl/α,β-unsaturated/α-hetero) is 1. The molecule has 2 aromatic carbocycles. The number of hydrogen-bond acceptors (Lipinski definition) is 3. The molecule has 0 saturated heterocycles. The predicted molar refractivity (Wildman–Crippen MR) is 92.6 cm³/mol. The Hall–Kier alpha value is -2.07. The van der Waals surface area contributed by atoms with Crippen molar-refractivity contribution in [3.05, 3.63) is 65.7 Å². The van der Waals surface area contributed by atoms with Crippen molar-refractivity contribution in [1.82, 2.24) is 0 Å². The molecule has 2 aromatic rings. The van der Waals surface area contributed by atoms with Gasteiger partial charge in [0.15, 0.2) is 5.78 Å². The first-order valence-electron chi connectivity index (χ1n) is 7.17. The molecular formula is C18H19NO2S. The molecule has 0 fully saturated rings. The number of benzene rings is 2. The highest BCUT2D eigenvalue weighted by molar-refractivity contribution is 7.80. The Kier molecular flexibility index (Phi) is 5.78. The monoisotopic (exact) mass is 313 g/mol. The largest absolute Gasteiger partial charge is 0.326 e. The number of ketones is 1. The van der Waals surface area contributed by atoms with Gasteiger partial charge >= 0.3 is 0 Å². The molecule has 0 saturated carbocycles. The summed E-state index contributed by atoms with van der Waals surface area (Å²) in [5.74, 6) is 0.231. The van der Waals surface area contributed by atoms with Crippen molar-refractivity contribution in [3.63, 3.8) is 0 Å². The molecule has 0 spiro atoms. The minimum atomic E-state index is -0.196. The molecule has 1 atom stereocenters. The minimum absolute atomic E-state index is 0.00943. The zero-order chi connectivity index (χ0) is 15.9. The lowest BCUT2D eigenvalue weighted by Crippen LogP contribution is -2.26. The Labute approximate surface area is 136 Å². The van der Waals surface area contributed by atoms with Crippen LogP contribution in [0.2, 0.25) is 0 Å². The van der Waals surface area contributed by atoms with Crippen LogP contribution in [0.3, 0.4) is 0 Å². The molecule has 0 radical (unpaired) electrons. The van der Waals surface area contributed by atoms with E-state index in [4.69, 9.17) is 0 Å². The molecule has 0 aliphatic carbocycles. The molecule has 1 N–H and O–H groups in total. The third-order valence-corrected chi connectivity index (χ3v) is 3.92. The number of thiol groups is 1. The van der Waals surface area contributed by atoms with E-state index < -0.39 is 0 Å². The van der Waals surface area contributed by atoms with Gasteiger partial charge in [0.1, 0.15) is 0 Å². The van der Waals surface area contributed by atoms with E-state index in [1.807, 2.05) is 30.3 Å². The summed E-state index contributed by atoms with van der Waals surface area (Å²) in [5.41, 5.74) is 2.44. The summed E-state index contributed by atoms with van der Waals surface area (Å²) in [6, 6.07) is 16.8. The van der Waals surface area contributed by atoms with Gasteiger partial charge in [0.05, 0.1) is 5.92 Å². The fourth-order valence-corrected chi connectivity index (χ4v) is 2.47. The van der Waals surface area contributed by atoms with Crippen LogP contribution in [-0.2, 0) is 11.2 Å². The number of hydrogen-bond donors (Lipinski definition) is 2. The van der Waals surface area contributed by atoms with Gasteiger partial charge in [-0.3, -0.25) is 9.59 Å². The molecule has 0 bridgehead atoms. The zero-order valence-corrected chi connectivity index (χ0v) is 13.3. The molecule has 0 aromatic heterocycles. The predicted octanol–water partition coefficient (Wildman–Crippen LogP) is 3.62. The second kappa shape index (κ2) is 7.80. The number of carbonyl (C=O) groups is 2. The first-order valence-corrected chi connectivity index (χ1v) is 7.80. The fraction of sp³-hybridized carbons (Fsp3) is 0.222. The lowest BCUT2D eigenvalue weighted by atomic mass is 10.00. The molecule has 1 amide bonds. The third kappa shape index (κ3) is 4.46. The maximum Gasteiger partial charge on any atom is 0.228 e. The highest BCUT2D eigenvalue weighted by Gasteiger charge is 2.17. The van der Waals surface area contributed by atoms with Gasteiger partial charge < -0.3 is 5.32 Å². The molecule has 3 nitrogen and oxygen atoms in total. The number of anilines is 1. The Balaban J connectivity index is 2.01. The maximum absolute atomic E-state index is 12.3. The summed E-state index contributed by atoms with van der Waals surface area (Å²) in [6.45, 7) is 1.52. The molecular weight excluding hydrogens is 294 g/mol. The van der Waals surface area contributed by atoms with Crippen molar-refractivity contribution in [2.75, 3.05) is 11.1 Å². The standard InChI is InChI=1S/C18H19NO2S/c1-13(20)15-7-9-17(10-8-15)19-18(21)16(12-22)11-14-5-3-2-4-6-14/h2-10,16,22H,11-12H2,1H3,(H,19,21). The number of rotatable bonds is 6. The molecule has 4 heteroatoms. The van der Waals surface area contributed by atoms with Gasteiger partial charge in [-0.25, -0.2) is 0 Å². The van der Waals surface area contributed by atoms with Gasteiger partial charge in [0, 0.05) is 17.0 Å². The molecule has 2 rings (SSSR count). The average molecular weight is 313 g/mol. The Morgan fingerprint density at radius 3 is 2.23 bits per heavy atom. The SMILES string of the molecule is CC(=O)c1ccc(NC(=O)C(CS)Cc2ccccc2)cc1. The first-order chi connectivity index (χ1) is 10.6. The van der Waals surface area contributed by atoms with Gasteiger partial charge in [0.2, 0.25) is 5.91 Å². The summed E-state index contributed by atoms with van der Waals surface area (Å²) < 4.78 is 0. The van der Waals surface area contributed by atoms with Gasteiger partial charge in [-0.15, -0.1) is 0 Å². The van der Waals surface area contributed by atoms with Crippen LogP contribution in [0.4, 0.5) is 5.69 Å². The van der Waals surface area contributed by atoms with Crippen molar-refractivity contribution in [1.29, 1.82) is 0 Å². The second-order valence-electron chi connectivity index (χ2n) is 5.19. The Morgan fingerprint density at radius 2 is 1.68 bits per heavy atom. The van der Waals surface area contributed by atoms with Gasteiger partial charge in [0.25, 0.3) is 0 Å². The van der Waals surface area contributed by atoms with Gasteiger partial charge in [-0.1, -0.05) is 30.3 Å². The van der Waals surface area contributed by atoms with Crippen LogP contribution >= 0.6 is 12.6 Å². The minimum Gasteiger partial charge on any atom is -0.326 e. The fourth-order valence-electron chi connectivity index (χ4n) is 2.17. The normalized spacial score (nSPS) is 11.7. The van der Waals surface area contributed by atoms with Crippen LogP contribution in [0.1, 0.15) is 22.8 Å². The first kappa shape index (κ1) is 16.3. The maximum atomic E-state index is 12.3. The van der Waals surface area contributed by atoms with E-state index in [0.717, 1.165) is 5.56 Å². The van der Waals surface area contributed by atoms with Gasteiger partial charge in [-0.2, -0.15) is 12.6 Å². The number of amides is 1. The zero-order valence-electron chi connectivity index (χ0n) is 12.5. The highest BCUT2D eigenvalue weighted by Crippen LogP contribution is 2.15. The van der Waals surface area contributed by atoms with E-state index in [0.29, 0.717) is 23.4 Å². The molecule has 1 unspecified atom stereocenters. The van der Waals surface area contributed by atoms with Crippen LogP contribution < -0.4 is 5.32 Å². The summed E-state index contributed by atoms with van der Waals surface area (Å²) in [6.07, 6.45) is 0.654. The van der Waals surface area contributed by atoms with Crippen molar-refractivity contribution in [2.24, 2.45) is 5.92 Å². The smallest absolute Gasteiger partial charge is 0.228 e. The summed E-state index contributed by atoms with van der Waals surface area (Å²) in [7, 11) is 0. The van der Waals surface area contributed by atoms with Crippen LogP contribution in [0.5, 0.6) is 0 Å². The van der Waals surface area contributed by atoms with Crippen LogP contribution in [0, 0.1) is 5.92 Å². The van der Waals surface area contributed by atoms with E-state index in [9.17, 15) is 9.59 Å². The molecule has 0 aliphatic rings. The summed E-state index contributed by atoms with van der Waals surface area (Å²) in [4.78, 5) is 23.6. The van der Waals surface area contributed by atoms with Crippen molar-refractivity contribution in [2.45, 2.75) is 13.3 Å². The molecule has 0 aliphatic heterocycles. The molecule has 0 heterocycles. The number of nitrogens with one attached hydrogen (secondary N) is 1. The highest BCUT2D eigenvalue weighted by atomic mass is 32.1. The van der Waals surface area contributed by atoms with E-state index in [2.05, 4.69) is 17.9 Å². The molecule has 114 valence electrons. The second-order valence-corrected chi connectivity index (χ2v) is 5.56. The van der Waals surface area contributed by atoms with Crippen molar-refractivity contribution < 1.29 is 9.59 Å². The van der Waals surface area contributed by atoms with E-state index in [1.165, 1.54) is 6.92 Å². The van der Waals surface area contributed by atoms with Crippen molar-refractivity contribution >= 4 is 30.0 Å². The van der Waals surface area contributed by atoms with E-state index in [-0.39, 0.29) is 17.6 Å². The quantitative estimate of drug-likeness (QED) is 0.632. The van der Waals surface area contributed by atoms with Crippen LogP contribution in [0.15, 0.2) is 54.6 Å². The Morgan fingerprint density at radius 1 is 1.05 bits per heavy atom. The topological polar surface area (TPSA) is 46.2 Å². The number of carbonyl (C=O) groups excluding carboxylic acids is 2. The summed E-state index contributed by atoms with van der Waals surface area (Å²) in [5, 5.41) is 2.88. The van der Waals surface area contributed by atoms with Crippen LogP contribution in [0.25, 0.3) is 0 Å². The van der Waals surface area contributed by atoms with Crippen molar-refractivity contribution in [3.8, 4) is 0 Å². The summed E-state index contributed by atoms with van der Waals surface area (Å²) >= 11 is 4.29. The Bertz CT molecular complexity index is 638. The lowest BCUT2D eigenvalue weighted by molar-refractivity contribution is -0.119. The van der Waals surface area contributed by atoms with E-state index in [1.54, 1.807) is 24.3 Å². The molecule has 22 heavy (non-hydrogen) atoms. The van der Waals surface area contributed by atoms with E-state index >= 15 is 0 Å². The van der Waals surface area contributed by atoms with Gasteiger partial charge in [-0.05, 0) is 43.2 Å². The lowest BCUT2D eigenvalue weighted by Gasteiger charge is -2.15. The van der Waals surface area contributed by atoms with Crippen LogP contribution in [-0.4, -0.2) is 17.4 Å².